The molecular weight excluding hydrogens is 250 g/mol. The first-order valence-electron chi connectivity index (χ1n) is 5.38. The van der Waals surface area contributed by atoms with Gasteiger partial charge in [0.25, 0.3) is 5.95 Å². The van der Waals surface area contributed by atoms with E-state index in [1.807, 2.05) is 0 Å². The van der Waals surface area contributed by atoms with Crippen LogP contribution < -0.4 is 22.3 Å². The highest BCUT2D eigenvalue weighted by Crippen LogP contribution is 2.08. The molecule has 0 spiro atoms. The number of hydrogen-bond acceptors (Lipinski definition) is 8. The van der Waals surface area contributed by atoms with Crippen LogP contribution in [-0.4, -0.2) is 36.7 Å². The number of nitrogens with one attached hydrogen (secondary N) is 2. The highest BCUT2D eigenvalue weighted by atomic mass is 16.1. The summed E-state index contributed by atoms with van der Waals surface area (Å²) in [4.78, 5) is 23.1. The third-order valence-electron chi connectivity index (χ3n) is 2.23. The number of rotatable bonds is 5. The van der Waals surface area contributed by atoms with Crippen LogP contribution in [0.15, 0.2) is 18.5 Å². The number of primary amides is 1. The molecule has 0 saturated heterocycles. The zero-order valence-corrected chi connectivity index (χ0v) is 10.1. The molecule has 0 aliphatic carbocycles. The molecule has 1 atom stereocenters. The Morgan fingerprint density at radius 2 is 2.11 bits per heavy atom. The molecule has 6 N–H and O–H groups in total. The van der Waals surface area contributed by atoms with Gasteiger partial charge in [-0.25, -0.2) is 10.5 Å². The van der Waals surface area contributed by atoms with Crippen molar-refractivity contribution in [3.63, 3.8) is 0 Å². The Balaban J connectivity index is 2.34. The number of nitrogens with zero attached hydrogens (tertiary/aromatic N) is 5. The highest BCUT2D eigenvalue weighted by molar-refractivity contribution is 5.81. The average molecular weight is 263 g/mol. The fourth-order valence-electron chi connectivity index (χ4n) is 1.25. The molecule has 0 aromatic carbocycles. The van der Waals surface area contributed by atoms with Gasteiger partial charge in [0.15, 0.2) is 0 Å². The van der Waals surface area contributed by atoms with E-state index in [2.05, 4.69) is 30.8 Å². The molecule has 2 heterocycles. The Labute approximate surface area is 108 Å². The van der Waals surface area contributed by atoms with E-state index in [0.29, 0.717) is 0 Å². The molecule has 1 amide bonds. The van der Waals surface area contributed by atoms with Crippen molar-refractivity contribution in [1.29, 1.82) is 0 Å². The fourth-order valence-corrected chi connectivity index (χ4v) is 1.25. The normalized spacial score (nSPS) is 11.9. The smallest absolute Gasteiger partial charge is 0.257 e. The second-order valence-corrected chi connectivity index (χ2v) is 3.65. The van der Waals surface area contributed by atoms with Crippen LogP contribution >= 0.6 is 0 Å². The minimum absolute atomic E-state index is 0.139. The maximum atomic E-state index is 11.0. The summed E-state index contributed by atoms with van der Waals surface area (Å²) in [5.41, 5.74) is 7.47. The summed E-state index contributed by atoms with van der Waals surface area (Å²) >= 11 is 0. The number of nitrogen functional groups attached to an aromatic ring is 1. The summed E-state index contributed by atoms with van der Waals surface area (Å²) < 4.78 is 1.43. The lowest BCUT2D eigenvalue weighted by molar-refractivity contribution is -0.118. The van der Waals surface area contributed by atoms with Crippen molar-refractivity contribution in [3.05, 3.63) is 18.5 Å². The quantitative estimate of drug-likeness (QED) is 0.381. The molecule has 2 aromatic heterocycles. The van der Waals surface area contributed by atoms with Gasteiger partial charge in [-0.2, -0.15) is 20.1 Å². The van der Waals surface area contributed by atoms with Crippen LogP contribution in [-0.2, 0) is 4.79 Å². The molecule has 0 fully saturated rings. The van der Waals surface area contributed by atoms with E-state index in [0.717, 1.165) is 0 Å². The standard InChI is InChI=1S/C9H13N9O/c1-5(6(10)19)13-7-14-8(17-11)16-9(15-7)18-4-2-3-12-18/h2-5H,11H2,1H3,(H2,10,19)(H2,13,14,15,16,17). The summed E-state index contributed by atoms with van der Waals surface area (Å²) in [6, 6.07) is 1.09. The average Bonchev–Trinajstić information content (AvgIpc) is 2.92. The number of carbonyl (C=O) groups excluding carboxylic acids is 1. The predicted octanol–water partition coefficient (Wildman–Crippen LogP) is -1.37. The zero-order chi connectivity index (χ0) is 13.8. The van der Waals surface area contributed by atoms with Crippen LogP contribution in [0, 0.1) is 0 Å². The summed E-state index contributed by atoms with van der Waals surface area (Å²) in [5.74, 6) is 5.32. The van der Waals surface area contributed by atoms with Crippen molar-refractivity contribution in [2.24, 2.45) is 11.6 Å². The molecule has 0 bridgehead atoms. The first-order valence-corrected chi connectivity index (χ1v) is 5.38. The van der Waals surface area contributed by atoms with Gasteiger partial charge >= 0.3 is 0 Å². The molecular formula is C9H13N9O. The Hall–Kier alpha value is -2.75. The molecule has 1 unspecified atom stereocenters. The number of hydrazine groups is 1. The molecule has 19 heavy (non-hydrogen) atoms. The second-order valence-electron chi connectivity index (χ2n) is 3.65. The summed E-state index contributed by atoms with van der Waals surface area (Å²) in [5, 5.41) is 6.74. The van der Waals surface area contributed by atoms with Crippen LogP contribution in [0.5, 0.6) is 0 Å². The van der Waals surface area contributed by atoms with Crippen molar-refractivity contribution in [2.45, 2.75) is 13.0 Å². The van der Waals surface area contributed by atoms with Gasteiger partial charge < -0.3 is 11.1 Å². The number of aromatic nitrogens is 5. The molecule has 0 aliphatic rings. The van der Waals surface area contributed by atoms with E-state index >= 15 is 0 Å². The van der Waals surface area contributed by atoms with Gasteiger partial charge in [-0.1, -0.05) is 0 Å². The molecule has 0 saturated carbocycles. The number of amides is 1. The van der Waals surface area contributed by atoms with Gasteiger partial charge in [0.1, 0.15) is 6.04 Å². The SMILES string of the molecule is CC(Nc1nc(NN)nc(-n2cccn2)n1)C(N)=O. The van der Waals surface area contributed by atoms with E-state index in [4.69, 9.17) is 11.6 Å². The molecule has 0 radical (unpaired) electrons. The highest BCUT2D eigenvalue weighted by Gasteiger charge is 2.13. The van der Waals surface area contributed by atoms with Gasteiger partial charge in [0, 0.05) is 12.4 Å². The summed E-state index contributed by atoms with van der Waals surface area (Å²) in [6.45, 7) is 1.59. The zero-order valence-electron chi connectivity index (χ0n) is 10.1. The number of hydrogen-bond donors (Lipinski definition) is 4. The maximum absolute atomic E-state index is 11.0. The van der Waals surface area contributed by atoms with E-state index < -0.39 is 11.9 Å². The summed E-state index contributed by atoms with van der Waals surface area (Å²) in [7, 11) is 0. The topological polar surface area (TPSA) is 150 Å². The lowest BCUT2D eigenvalue weighted by Crippen LogP contribution is -2.33. The van der Waals surface area contributed by atoms with E-state index in [1.165, 1.54) is 4.68 Å². The van der Waals surface area contributed by atoms with Gasteiger partial charge in [0.2, 0.25) is 17.8 Å². The second kappa shape index (κ2) is 5.27. The van der Waals surface area contributed by atoms with Crippen LogP contribution in [0.1, 0.15) is 6.92 Å². The van der Waals surface area contributed by atoms with E-state index in [-0.39, 0.29) is 17.8 Å². The van der Waals surface area contributed by atoms with E-state index in [1.54, 1.807) is 25.4 Å². The van der Waals surface area contributed by atoms with Crippen molar-refractivity contribution < 1.29 is 4.79 Å². The van der Waals surface area contributed by atoms with Crippen LogP contribution in [0.2, 0.25) is 0 Å². The Kier molecular flexibility index (Phi) is 3.52. The first-order chi connectivity index (χ1) is 9.10. The molecule has 2 aromatic rings. The van der Waals surface area contributed by atoms with E-state index in [9.17, 15) is 4.79 Å². The van der Waals surface area contributed by atoms with Crippen molar-refractivity contribution in [3.8, 4) is 5.95 Å². The molecule has 10 nitrogen and oxygen atoms in total. The third-order valence-corrected chi connectivity index (χ3v) is 2.23. The monoisotopic (exact) mass is 263 g/mol. The maximum Gasteiger partial charge on any atom is 0.257 e. The van der Waals surface area contributed by atoms with Crippen LogP contribution in [0.3, 0.4) is 0 Å². The number of nitrogens with two attached hydrogens (primary N) is 2. The van der Waals surface area contributed by atoms with Crippen molar-refractivity contribution in [2.75, 3.05) is 10.7 Å². The van der Waals surface area contributed by atoms with Crippen LogP contribution in [0.25, 0.3) is 5.95 Å². The van der Waals surface area contributed by atoms with Gasteiger partial charge in [-0.3, -0.25) is 10.2 Å². The Morgan fingerprint density at radius 1 is 1.37 bits per heavy atom. The largest absolute Gasteiger partial charge is 0.368 e. The molecule has 10 heteroatoms. The van der Waals surface area contributed by atoms with Gasteiger partial charge in [0.05, 0.1) is 0 Å². The van der Waals surface area contributed by atoms with Crippen LogP contribution in [0.4, 0.5) is 11.9 Å². The lowest BCUT2D eigenvalue weighted by atomic mass is 10.3. The van der Waals surface area contributed by atoms with Gasteiger partial charge in [-0.05, 0) is 13.0 Å². The number of anilines is 2. The van der Waals surface area contributed by atoms with Gasteiger partial charge in [-0.15, -0.1) is 0 Å². The fraction of sp³-hybridized carbons (Fsp3) is 0.222. The predicted molar refractivity (Wildman–Crippen MR) is 67.0 cm³/mol. The number of carbonyl (C=O) groups is 1. The molecule has 100 valence electrons. The van der Waals surface area contributed by atoms with Crippen molar-refractivity contribution in [1.82, 2.24) is 24.7 Å². The third kappa shape index (κ3) is 2.93. The Bertz CT molecular complexity index is 567. The van der Waals surface area contributed by atoms with Crippen molar-refractivity contribution >= 4 is 17.8 Å². The molecule has 0 aliphatic heterocycles. The molecule has 2 rings (SSSR count). The minimum atomic E-state index is -0.626. The Morgan fingerprint density at radius 3 is 2.68 bits per heavy atom. The minimum Gasteiger partial charge on any atom is -0.368 e. The lowest BCUT2D eigenvalue weighted by Gasteiger charge is -2.11. The summed E-state index contributed by atoms with van der Waals surface area (Å²) in [6.07, 6.45) is 3.25. The first kappa shape index (κ1) is 12.7.